The highest BCUT2D eigenvalue weighted by Crippen LogP contribution is 2.52. The maximum absolute atomic E-state index is 6.51. The molecule has 0 unspecified atom stereocenters. The fourth-order valence-electron chi connectivity index (χ4n) is 6.32. The summed E-state index contributed by atoms with van der Waals surface area (Å²) in [4.78, 5) is 0. The van der Waals surface area contributed by atoms with Gasteiger partial charge >= 0.3 is 0 Å². The van der Waals surface area contributed by atoms with Crippen molar-refractivity contribution in [2.75, 3.05) is 0 Å². The molecule has 0 aliphatic heterocycles. The summed E-state index contributed by atoms with van der Waals surface area (Å²) in [6, 6.07) is 39.4. The van der Waals surface area contributed by atoms with E-state index in [-0.39, 0.29) is 11.3 Å². The van der Waals surface area contributed by atoms with Gasteiger partial charge in [-0.2, -0.15) is 0 Å². The van der Waals surface area contributed by atoms with Gasteiger partial charge in [-0.3, -0.25) is 0 Å². The molecule has 1 aliphatic rings. The number of benzene rings is 5. The molecule has 0 atom stereocenters. The van der Waals surface area contributed by atoms with Gasteiger partial charge in [0.1, 0.15) is 11.2 Å². The topological polar surface area (TPSA) is 13.1 Å². The van der Waals surface area contributed by atoms with E-state index in [0.29, 0.717) is 0 Å². The number of hydrogen-bond acceptors (Lipinski definition) is 1. The van der Waals surface area contributed by atoms with Gasteiger partial charge in [0.05, 0.1) is 0 Å². The Morgan fingerprint density at radius 2 is 1.08 bits per heavy atom. The minimum Gasteiger partial charge on any atom is -0.456 e. The highest BCUT2D eigenvalue weighted by atomic mass is 16.3. The van der Waals surface area contributed by atoms with Gasteiger partial charge in [-0.05, 0) is 62.1 Å². The second-order valence-corrected chi connectivity index (χ2v) is 10.9. The first-order chi connectivity index (χ1) is 17.5. The average molecular weight is 465 g/mol. The van der Waals surface area contributed by atoms with Crippen molar-refractivity contribution in [1.29, 1.82) is 0 Å². The summed E-state index contributed by atoms with van der Waals surface area (Å²) in [5, 5.41) is 2.46. The molecular weight excluding hydrogens is 436 g/mol. The maximum atomic E-state index is 6.51. The van der Waals surface area contributed by atoms with E-state index >= 15 is 0 Å². The summed E-state index contributed by atoms with van der Waals surface area (Å²) in [6.45, 7) is 7.01. The molecule has 1 aliphatic carbocycles. The van der Waals surface area contributed by atoms with Crippen LogP contribution in [0.4, 0.5) is 0 Å². The Kier molecular flexibility index (Phi) is 4.53. The third kappa shape index (κ3) is 3.02. The van der Waals surface area contributed by atoms with Gasteiger partial charge in [0, 0.05) is 16.7 Å². The second kappa shape index (κ2) is 7.70. The van der Waals surface area contributed by atoms with Crippen LogP contribution >= 0.6 is 0 Å². The fourth-order valence-corrected chi connectivity index (χ4v) is 6.32. The van der Waals surface area contributed by atoms with Crippen molar-refractivity contribution in [3.8, 4) is 22.3 Å². The standard InChI is InChI=1S/C35H28O/c1-35(2,3)34-28(31-26-16-9-7-14-24(26)25-15-8-10-17-27(25)31)20-21-30-33(34)32-23(18-11-19-29(32)36-30)22-12-5-4-6-13-22/h4-21,31H,1-3H3. The highest BCUT2D eigenvalue weighted by molar-refractivity contribution is 6.14. The predicted octanol–water partition coefficient (Wildman–Crippen LogP) is 9.71. The van der Waals surface area contributed by atoms with Gasteiger partial charge in [0.2, 0.25) is 0 Å². The van der Waals surface area contributed by atoms with Crippen molar-refractivity contribution in [3.05, 3.63) is 131 Å². The van der Waals surface area contributed by atoms with Crippen molar-refractivity contribution in [1.82, 2.24) is 0 Å². The van der Waals surface area contributed by atoms with E-state index in [2.05, 4.69) is 130 Å². The minimum atomic E-state index is -0.0814. The first-order valence-electron chi connectivity index (χ1n) is 12.7. The Hall–Kier alpha value is -4.10. The quantitative estimate of drug-likeness (QED) is 0.248. The molecule has 5 aromatic carbocycles. The Bertz CT molecular complexity index is 1720. The van der Waals surface area contributed by atoms with Crippen LogP contribution in [0.3, 0.4) is 0 Å². The summed E-state index contributed by atoms with van der Waals surface area (Å²) in [7, 11) is 0. The lowest BCUT2D eigenvalue weighted by Crippen LogP contribution is -2.17. The first kappa shape index (κ1) is 21.2. The zero-order valence-electron chi connectivity index (χ0n) is 20.9. The zero-order chi connectivity index (χ0) is 24.4. The Balaban J connectivity index is 1.61. The van der Waals surface area contributed by atoms with Crippen LogP contribution in [0, 0.1) is 0 Å². The van der Waals surface area contributed by atoms with E-state index in [4.69, 9.17) is 4.42 Å². The monoisotopic (exact) mass is 464 g/mol. The zero-order valence-corrected chi connectivity index (χ0v) is 20.9. The van der Waals surface area contributed by atoms with Crippen LogP contribution in [0.15, 0.2) is 114 Å². The molecule has 0 N–H and O–H groups in total. The molecule has 0 saturated heterocycles. The van der Waals surface area contributed by atoms with Crippen LogP contribution < -0.4 is 0 Å². The Morgan fingerprint density at radius 3 is 1.75 bits per heavy atom. The van der Waals surface area contributed by atoms with Crippen LogP contribution in [-0.2, 0) is 5.41 Å². The lowest BCUT2D eigenvalue weighted by molar-refractivity contribution is 0.586. The van der Waals surface area contributed by atoms with Gasteiger partial charge in [-0.25, -0.2) is 0 Å². The van der Waals surface area contributed by atoms with Gasteiger partial charge in [0.25, 0.3) is 0 Å². The number of fused-ring (bicyclic) bond motifs is 6. The number of rotatable bonds is 2. The molecule has 1 heteroatoms. The van der Waals surface area contributed by atoms with Crippen molar-refractivity contribution >= 4 is 21.9 Å². The normalized spacial score (nSPS) is 13.3. The van der Waals surface area contributed by atoms with Crippen LogP contribution in [-0.4, -0.2) is 0 Å². The summed E-state index contributed by atoms with van der Waals surface area (Å²) in [6.07, 6.45) is 0. The molecule has 1 aromatic heterocycles. The summed E-state index contributed by atoms with van der Waals surface area (Å²) >= 11 is 0. The van der Waals surface area contributed by atoms with Crippen molar-refractivity contribution in [3.63, 3.8) is 0 Å². The molecule has 1 nitrogen and oxygen atoms in total. The summed E-state index contributed by atoms with van der Waals surface area (Å²) in [5.41, 5.74) is 12.5. The van der Waals surface area contributed by atoms with E-state index in [1.54, 1.807) is 0 Å². The largest absolute Gasteiger partial charge is 0.456 e. The lowest BCUT2D eigenvalue weighted by Gasteiger charge is -2.28. The molecule has 0 spiro atoms. The Morgan fingerprint density at radius 1 is 0.500 bits per heavy atom. The minimum absolute atomic E-state index is 0.0814. The Labute approximate surface area is 212 Å². The number of furan rings is 1. The van der Waals surface area contributed by atoms with Gasteiger partial charge < -0.3 is 4.42 Å². The molecule has 0 amide bonds. The average Bonchev–Trinajstić information content (AvgIpc) is 3.44. The molecule has 0 bridgehead atoms. The summed E-state index contributed by atoms with van der Waals surface area (Å²) in [5.74, 6) is 0.199. The predicted molar refractivity (Wildman–Crippen MR) is 151 cm³/mol. The molecule has 0 fully saturated rings. The van der Waals surface area contributed by atoms with Crippen LogP contribution in [0.5, 0.6) is 0 Å². The van der Waals surface area contributed by atoms with Crippen LogP contribution in [0.2, 0.25) is 0 Å². The van der Waals surface area contributed by atoms with E-state index in [1.807, 2.05) is 0 Å². The fraction of sp³-hybridized carbons (Fsp3) is 0.143. The maximum Gasteiger partial charge on any atom is 0.136 e. The van der Waals surface area contributed by atoms with Crippen LogP contribution in [0.1, 0.15) is 48.9 Å². The van der Waals surface area contributed by atoms with Crippen LogP contribution in [0.25, 0.3) is 44.2 Å². The van der Waals surface area contributed by atoms with Gasteiger partial charge in [-0.15, -0.1) is 0 Å². The van der Waals surface area contributed by atoms with Gasteiger partial charge in [-0.1, -0.05) is 118 Å². The molecular formula is C35H28O. The second-order valence-electron chi connectivity index (χ2n) is 10.9. The SMILES string of the molecule is CC(C)(C)c1c(C2c3ccccc3-c3ccccc32)ccc2oc3cccc(-c4ccccc4)c3c12. The third-order valence-electron chi connectivity index (χ3n) is 7.68. The first-order valence-corrected chi connectivity index (χ1v) is 12.7. The highest BCUT2D eigenvalue weighted by Gasteiger charge is 2.35. The number of hydrogen-bond donors (Lipinski definition) is 0. The van der Waals surface area contributed by atoms with E-state index in [0.717, 1.165) is 11.2 Å². The third-order valence-corrected chi connectivity index (χ3v) is 7.68. The van der Waals surface area contributed by atoms with Crippen molar-refractivity contribution < 1.29 is 4.42 Å². The molecule has 174 valence electrons. The molecule has 1 heterocycles. The molecule has 7 rings (SSSR count). The van der Waals surface area contributed by atoms with Gasteiger partial charge in [0.15, 0.2) is 0 Å². The van der Waals surface area contributed by atoms with Crippen molar-refractivity contribution in [2.24, 2.45) is 0 Å². The molecule has 0 saturated carbocycles. The van der Waals surface area contributed by atoms with E-state index in [9.17, 15) is 0 Å². The van der Waals surface area contributed by atoms with E-state index in [1.165, 1.54) is 55.3 Å². The molecule has 6 aromatic rings. The smallest absolute Gasteiger partial charge is 0.136 e. The van der Waals surface area contributed by atoms with E-state index < -0.39 is 0 Å². The molecule has 36 heavy (non-hydrogen) atoms. The molecule has 0 radical (unpaired) electrons. The lowest BCUT2D eigenvalue weighted by atomic mass is 9.75. The summed E-state index contributed by atoms with van der Waals surface area (Å²) < 4.78 is 6.51. The van der Waals surface area contributed by atoms with Crippen molar-refractivity contribution in [2.45, 2.75) is 32.1 Å².